The first-order valence-electron chi connectivity index (χ1n) is 8.10. The Balaban J connectivity index is 1.60. The number of pyridine rings is 1. The van der Waals surface area contributed by atoms with E-state index >= 15 is 0 Å². The van der Waals surface area contributed by atoms with Crippen molar-refractivity contribution < 1.29 is 0 Å². The van der Waals surface area contributed by atoms with Gasteiger partial charge in [-0.25, -0.2) is 19.0 Å². The summed E-state index contributed by atoms with van der Waals surface area (Å²) in [4.78, 5) is 13.1. The van der Waals surface area contributed by atoms with Crippen LogP contribution in [0.5, 0.6) is 0 Å². The predicted octanol–water partition coefficient (Wildman–Crippen LogP) is 2.64. The van der Waals surface area contributed by atoms with Gasteiger partial charge in [0, 0.05) is 25.0 Å². The first kappa shape index (κ1) is 14.7. The van der Waals surface area contributed by atoms with Crippen LogP contribution in [0, 0.1) is 0 Å². The molecule has 0 saturated heterocycles. The van der Waals surface area contributed by atoms with Crippen molar-refractivity contribution in [2.45, 2.75) is 39.0 Å². The highest BCUT2D eigenvalue weighted by molar-refractivity contribution is 5.38. The average molecular weight is 321 g/mol. The minimum absolute atomic E-state index is 0.278. The van der Waals surface area contributed by atoms with Gasteiger partial charge < -0.3 is 0 Å². The number of hydrogen-bond donors (Lipinski definition) is 0. The van der Waals surface area contributed by atoms with E-state index in [4.69, 9.17) is 0 Å². The molecule has 0 fully saturated rings. The number of nitrogens with zero attached hydrogens (tertiary/aromatic N) is 7. The van der Waals surface area contributed by atoms with Crippen molar-refractivity contribution in [1.29, 1.82) is 0 Å². The van der Waals surface area contributed by atoms with Gasteiger partial charge in [-0.2, -0.15) is 10.1 Å². The molecule has 24 heavy (non-hydrogen) atoms. The maximum atomic E-state index is 4.58. The van der Waals surface area contributed by atoms with Crippen LogP contribution in [0.25, 0.3) is 11.4 Å². The Morgan fingerprint density at radius 1 is 1.00 bits per heavy atom. The number of hydrogen-bond acceptors (Lipinski definition) is 5. The lowest BCUT2D eigenvalue weighted by Crippen LogP contribution is -2.02. The Morgan fingerprint density at radius 2 is 1.83 bits per heavy atom. The highest BCUT2D eigenvalue weighted by Crippen LogP contribution is 2.20. The summed E-state index contributed by atoms with van der Waals surface area (Å²) in [5.74, 6) is 2.14. The Kier molecular flexibility index (Phi) is 3.48. The van der Waals surface area contributed by atoms with E-state index in [1.54, 1.807) is 15.4 Å². The van der Waals surface area contributed by atoms with Crippen molar-refractivity contribution in [3.8, 4) is 0 Å². The summed E-state index contributed by atoms with van der Waals surface area (Å²) < 4.78 is 3.57. The molecule has 0 bridgehead atoms. The highest BCUT2D eigenvalue weighted by atomic mass is 15.3. The van der Waals surface area contributed by atoms with Crippen LogP contribution in [0.15, 0.2) is 37.1 Å². The molecule has 4 rings (SSSR count). The smallest absolute Gasteiger partial charge is 0.221 e. The number of fused-ring (bicyclic) bond motifs is 2. The van der Waals surface area contributed by atoms with Crippen molar-refractivity contribution >= 4 is 11.4 Å². The van der Waals surface area contributed by atoms with Gasteiger partial charge in [0.05, 0.1) is 0 Å². The van der Waals surface area contributed by atoms with Gasteiger partial charge >= 0.3 is 0 Å². The minimum atomic E-state index is 0.278. The fraction of sp³-hybridized carbons (Fsp3) is 0.353. The maximum absolute atomic E-state index is 4.58. The predicted molar refractivity (Wildman–Crippen MR) is 90.0 cm³/mol. The minimum Gasteiger partial charge on any atom is -0.221 e. The fourth-order valence-corrected chi connectivity index (χ4v) is 2.74. The highest BCUT2D eigenvalue weighted by Gasteiger charge is 2.13. The molecule has 4 heterocycles. The summed E-state index contributed by atoms with van der Waals surface area (Å²) in [6.45, 7) is 6.45. The number of aromatic nitrogens is 7. The summed E-state index contributed by atoms with van der Waals surface area (Å²) in [7, 11) is 0. The molecule has 0 aliphatic heterocycles. The third-order valence-electron chi connectivity index (χ3n) is 4.28. The summed E-state index contributed by atoms with van der Waals surface area (Å²) in [6.07, 6.45) is 8.21. The van der Waals surface area contributed by atoms with Crippen LogP contribution in [0.4, 0.5) is 0 Å². The molecular formula is C17H19N7. The second-order valence-electron chi connectivity index (χ2n) is 6.45. The molecule has 0 N–H and O–H groups in total. The van der Waals surface area contributed by atoms with Crippen LogP contribution in [-0.2, 0) is 6.42 Å². The SMILES string of the molecule is CC(C)c1cnc2nc(CC(C)c3ccc4ncnn4c3)nn2c1. The molecule has 7 heteroatoms. The van der Waals surface area contributed by atoms with Gasteiger partial charge in [-0.3, -0.25) is 0 Å². The summed E-state index contributed by atoms with van der Waals surface area (Å²) in [5, 5.41) is 8.77. The van der Waals surface area contributed by atoms with Crippen LogP contribution in [0.2, 0.25) is 0 Å². The Labute approximate surface area is 139 Å². The van der Waals surface area contributed by atoms with Crippen LogP contribution in [0.1, 0.15) is 49.6 Å². The Bertz CT molecular complexity index is 998. The van der Waals surface area contributed by atoms with Gasteiger partial charge in [-0.1, -0.05) is 26.8 Å². The van der Waals surface area contributed by atoms with Crippen LogP contribution < -0.4 is 0 Å². The number of rotatable bonds is 4. The lowest BCUT2D eigenvalue weighted by molar-refractivity contribution is 0.705. The molecule has 4 aromatic heterocycles. The standard InChI is InChI=1S/C17H19N7/c1-11(2)14-7-18-17-21-15(22-24(17)9-14)6-12(3)13-4-5-16-19-10-20-23(16)8-13/h4-5,7-12H,6H2,1-3H3. The normalized spacial score (nSPS) is 13.2. The second-order valence-corrected chi connectivity index (χ2v) is 6.45. The van der Waals surface area contributed by atoms with E-state index in [2.05, 4.69) is 52.0 Å². The Hall–Kier alpha value is -2.83. The molecule has 7 nitrogen and oxygen atoms in total. The molecule has 0 aromatic carbocycles. The van der Waals surface area contributed by atoms with E-state index < -0.39 is 0 Å². The second kappa shape index (κ2) is 5.67. The quantitative estimate of drug-likeness (QED) is 0.578. The van der Waals surface area contributed by atoms with Gasteiger partial charge in [0.2, 0.25) is 0 Å². The topological polar surface area (TPSA) is 73.3 Å². The zero-order valence-corrected chi connectivity index (χ0v) is 14.0. The van der Waals surface area contributed by atoms with Crippen LogP contribution >= 0.6 is 0 Å². The molecule has 4 aromatic rings. The molecule has 122 valence electrons. The van der Waals surface area contributed by atoms with E-state index in [9.17, 15) is 0 Å². The molecule has 0 aliphatic carbocycles. The van der Waals surface area contributed by atoms with E-state index in [-0.39, 0.29) is 5.92 Å². The molecule has 0 spiro atoms. The lowest BCUT2D eigenvalue weighted by Gasteiger charge is -2.09. The largest absolute Gasteiger partial charge is 0.252 e. The van der Waals surface area contributed by atoms with Gasteiger partial charge in [0.15, 0.2) is 11.5 Å². The van der Waals surface area contributed by atoms with Gasteiger partial charge in [0.1, 0.15) is 6.33 Å². The van der Waals surface area contributed by atoms with Crippen molar-refractivity contribution in [1.82, 2.24) is 34.2 Å². The lowest BCUT2D eigenvalue weighted by atomic mass is 9.99. The van der Waals surface area contributed by atoms with Crippen molar-refractivity contribution in [2.24, 2.45) is 0 Å². The summed E-state index contributed by atoms with van der Waals surface area (Å²) >= 11 is 0. The summed E-state index contributed by atoms with van der Waals surface area (Å²) in [6, 6.07) is 4.06. The van der Waals surface area contributed by atoms with E-state index in [1.165, 1.54) is 5.56 Å². The van der Waals surface area contributed by atoms with Crippen molar-refractivity contribution in [3.63, 3.8) is 0 Å². The zero-order chi connectivity index (χ0) is 16.7. The Morgan fingerprint density at radius 3 is 2.67 bits per heavy atom. The average Bonchev–Trinajstić information content (AvgIpc) is 3.18. The first-order valence-corrected chi connectivity index (χ1v) is 8.10. The third-order valence-corrected chi connectivity index (χ3v) is 4.28. The molecule has 1 atom stereocenters. The van der Waals surface area contributed by atoms with E-state index in [0.717, 1.165) is 23.5 Å². The molecular weight excluding hydrogens is 302 g/mol. The van der Waals surface area contributed by atoms with Crippen LogP contribution in [0.3, 0.4) is 0 Å². The van der Waals surface area contributed by atoms with Crippen LogP contribution in [-0.4, -0.2) is 34.2 Å². The monoisotopic (exact) mass is 321 g/mol. The van der Waals surface area contributed by atoms with E-state index in [0.29, 0.717) is 11.7 Å². The molecule has 0 amide bonds. The molecule has 0 saturated carbocycles. The van der Waals surface area contributed by atoms with Gasteiger partial charge in [-0.15, -0.1) is 5.10 Å². The maximum Gasteiger partial charge on any atom is 0.252 e. The van der Waals surface area contributed by atoms with E-state index in [1.807, 2.05) is 24.7 Å². The molecule has 1 unspecified atom stereocenters. The summed E-state index contributed by atoms with van der Waals surface area (Å²) in [5.41, 5.74) is 3.19. The van der Waals surface area contributed by atoms with Crippen molar-refractivity contribution in [2.75, 3.05) is 0 Å². The first-order chi connectivity index (χ1) is 11.6. The third kappa shape index (κ3) is 2.62. The van der Waals surface area contributed by atoms with Gasteiger partial charge in [0.25, 0.3) is 5.78 Å². The molecule has 0 radical (unpaired) electrons. The zero-order valence-electron chi connectivity index (χ0n) is 14.0. The van der Waals surface area contributed by atoms with Gasteiger partial charge in [-0.05, 0) is 29.0 Å². The van der Waals surface area contributed by atoms with Crippen molar-refractivity contribution in [3.05, 3.63) is 54.0 Å². The fourth-order valence-electron chi connectivity index (χ4n) is 2.74. The molecule has 0 aliphatic rings.